The van der Waals surface area contributed by atoms with E-state index in [2.05, 4.69) is 36.4 Å². The molecular weight excluding hydrogens is 657 g/mol. The standard InChI is InChI=1S/C46H26N4O3/c1-3-13-27(14-4-1)43-48-44(50-45(49-43)34-22-12-24-36-39(34)32-19-9-10-23-35(32)51-36)31-18-8-7-17-29(31)30-20-11-21-33-40-37(52-42(30)33)25-26-38-41(40)47-46(53-38)28-15-5-2-6-16-28/h1-26H. The second kappa shape index (κ2) is 11.6. The number of hydrogen-bond donors (Lipinski definition) is 0. The highest BCUT2D eigenvalue weighted by molar-refractivity contribution is 6.19. The molecule has 0 aliphatic carbocycles. The quantitative estimate of drug-likeness (QED) is 0.178. The van der Waals surface area contributed by atoms with Gasteiger partial charge >= 0.3 is 0 Å². The minimum atomic E-state index is 0.550. The molecule has 0 fully saturated rings. The van der Waals surface area contributed by atoms with Crippen LogP contribution in [0.5, 0.6) is 0 Å². The zero-order valence-corrected chi connectivity index (χ0v) is 28.0. The lowest BCUT2D eigenvalue weighted by molar-refractivity contribution is 0.619. The molecule has 7 heteroatoms. The van der Waals surface area contributed by atoms with Crippen molar-refractivity contribution in [1.82, 2.24) is 19.9 Å². The van der Waals surface area contributed by atoms with E-state index >= 15 is 0 Å². The fourth-order valence-electron chi connectivity index (χ4n) is 7.40. The molecule has 0 aliphatic heterocycles. The first-order chi connectivity index (χ1) is 26.3. The number of para-hydroxylation sites is 2. The lowest BCUT2D eigenvalue weighted by Gasteiger charge is -2.12. The molecular formula is C46H26N4O3. The molecule has 0 saturated carbocycles. The Morgan fingerprint density at radius 1 is 0.321 bits per heavy atom. The zero-order valence-electron chi connectivity index (χ0n) is 28.0. The van der Waals surface area contributed by atoms with Gasteiger partial charge in [0, 0.05) is 44.0 Å². The molecule has 0 N–H and O–H groups in total. The Kier molecular flexibility index (Phi) is 6.42. The minimum Gasteiger partial charge on any atom is -0.456 e. The highest BCUT2D eigenvalue weighted by atomic mass is 16.4. The molecule has 248 valence electrons. The van der Waals surface area contributed by atoms with Crippen molar-refractivity contribution in [3.8, 4) is 56.7 Å². The summed E-state index contributed by atoms with van der Waals surface area (Å²) >= 11 is 0. The molecule has 0 bridgehead atoms. The molecule has 0 amide bonds. The van der Waals surface area contributed by atoms with Gasteiger partial charge in [0.1, 0.15) is 27.8 Å². The maximum Gasteiger partial charge on any atom is 0.227 e. The summed E-state index contributed by atoms with van der Waals surface area (Å²) in [5.74, 6) is 2.26. The van der Waals surface area contributed by atoms with E-state index < -0.39 is 0 Å². The Morgan fingerprint density at radius 3 is 1.75 bits per heavy atom. The van der Waals surface area contributed by atoms with Gasteiger partial charge < -0.3 is 13.3 Å². The van der Waals surface area contributed by atoms with E-state index in [9.17, 15) is 0 Å². The maximum absolute atomic E-state index is 6.67. The minimum absolute atomic E-state index is 0.550. The SMILES string of the molecule is c1ccc(-c2nc(-c3ccccc3-c3cccc4c3oc3ccc5oc(-c6ccccc6)nc5c34)nc(-c3cccc4oc5ccccc5c34)n2)cc1. The van der Waals surface area contributed by atoms with Crippen LogP contribution < -0.4 is 0 Å². The van der Waals surface area contributed by atoms with Crippen LogP contribution in [0.3, 0.4) is 0 Å². The Morgan fingerprint density at radius 2 is 0.906 bits per heavy atom. The Balaban J connectivity index is 1.13. The Labute approximate surface area is 301 Å². The van der Waals surface area contributed by atoms with Gasteiger partial charge in [-0.1, -0.05) is 121 Å². The van der Waals surface area contributed by atoms with Gasteiger partial charge in [-0.25, -0.2) is 19.9 Å². The largest absolute Gasteiger partial charge is 0.456 e. The number of fused-ring (bicyclic) bond motifs is 8. The van der Waals surface area contributed by atoms with Crippen molar-refractivity contribution < 1.29 is 13.3 Å². The number of aromatic nitrogens is 4. The number of nitrogens with zero attached hydrogens (tertiary/aromatic N) is 4. The molecule has 0 atom stereocenters. The van der Waals surface area contributed by atoms with Crippen LogP contribution in [0, 0.1) is 0 Å². The molecule has 0 saturated heterocycles. The molecule has 11 aromatic rings. The monoisotopic (exact) mass is 682 g/mol. The molecule has 11 rings (SSSR count). The molecule has 0 aliphatic rings. The summed E-state index contributed by atoms with van der Waals surface area (Å²) in [4.78, 5) is 20.3. The molecule has 0 radical (unpaired) electrons. The first-order valence-electron chi connectivity index (χ1n) is 17.4. The first kappa shape index (κ1) is 29.4. The van der Waals surface area contributed by atoms with Gasteiger partial charge in [0.25, 0.3) is 0 Å². The van der Waals surface area contributed by atoms with Gasteiger partial charge in [0.15, 0.2) is 23.1 Å². The second-order valence-corrected chi connectivity index (χ2v) is 12.9. The summed E-state index contributed by atoms with van der Waals surface area (Å²) in [6.45, 7) is 0. The van der Waals surface area contributed by atoms with Gasteiger partial charge in [-0.15, -0.1) is 0 Å². The van der Waals surface area contributed by atoms with Crippen molar-refractivity contribution >= 4 is 55.0 Å². The zero-order chi connectivity index (χ0) is 34.9. The summed E-state index contributed by atoms with van der Waals surface area (Å²) in [6.07, 6.45) is 0. The third-order valence-electron chi connectivity index (χ3n) is 9.81. The van der Waals surface area contributed by atoms with Crippen molar-refractivity contribution in [3.05, 3.63) is 158 Å². The summed E-state index contributed by atoms with van der Waals surface area (Å²) in [6, 6.07) is 52.3. The van der Waals surface area contributed by atoms with E-state index in [1.54, 1.807) is 0 Å². The first-order valence-corrected chi connectivity index (χ1v) is 17.4. The normalized spacial score (nSPS) is 11.8. The van der Waals surface area contributed by atoms with E-state index in [1.807, 2.05) is 121 Å². The van der Waals surface area contributed by atoms with Crippen LogP contribution in [0.1, 0.15) is 0 Å². The van der Waals surface area contributed by atoms with E-state index in [0.717, 1.165) is 82.8 Å². The van der Waals surface area contributed by atoms with Crippen LogP contribution in [0.2, 0.25) is 0 Å². The Hall–Kier alpha value is -7.38. The average molecular weight is 683 g/mol. The van der Waals surface area contributed by atoms with Crippen LogP contribution in [0.15, 0.2) is 171 Å². The van der Waals surface area contributed by atoms with Crippen molar-refractivity contribution in [3.63, 3.8) is 0 Å². The molecule has 53 heavy (non-hydrogen) atoms. The molecule has 4 aromatic heterocycles. The van der Waals surface area contributed by atoms with Gasteiger partial charge in [-0.2, -0.15) is 0 Å². The molecule has 0 unspecified atom stereocenters. The van der Waals surface area contributed by atoms with Crippen LogP contribution in [0.4, 0.5) is 0 Å². The summed E-state index contributed by atoms with van der Waals surface area (Å²) < 4.78 is 19.2. The number of furan rings is 2. The van der Waals surface area contributed by atoms with Gasteiger partial charge in [-0.05, 0) is 42.0 Å². The molecule has 7 nitrogen and oxygen atoms in total. The third-order valence-corrected chi connectivity index (χ3v) is 9.81. The topological polar surface area (TPSA) is 91.0 Å². The van der Waals surface area contributed by atoms with Crippen molar-refractivity contribution in [1.29, 1.82) is 0 Å². The van der Waals surface area contributed by atoms with E-state index in [4.69, 9.17) is 33.2 Å². The summed E-state index contributed by atoms with van der Waals surface area (Å²) in [7, 11) is 0. The fraction of sp³-hybridized carbons (Fsp3) is 0. The number of rotatable bonds is 5. The predicted octanol–water partition coefficient (Wildman–Crippen LogP) is 12.1. The lowest BCUT2D eigenvalue weighted by atomic mass is 9.97. The summed E-state index contributed by atoms with van der Waals surface area (Å²) in [5, 5.41) is 3.84. The number of hydrogen-bond acceptors (Lipinski definition) is 7. The number of oxazole rings is 1. The molecule has 4 heterocycles. The van der Waals surface area contributed by atoms with Crippen LogP contribution in [-0.2, 0) is 0 Å². The third kappa shape index (κ3) is 4.68. The van der Waals surface area contributed by atoms with Gasteiger partial charge in [-0.3, -0.25) is 0 Å². The number of benzene rings is 7. The lowest BCUT2D eigenvalue weighted by Crippen LogP contribution is -2.01. The van der Waals surface area contributed by atoms with E-state index in [-0.39, 0.29) is 0 Å². The fourth-order valence-corrected chi connectivity index (χ4v) is 7.40. The van der Waals surface area contributed by atoms with Crippen molar-refractivity contribution in [2.45, 2.75) is 0 Å². The van der Waals surface area contributed by atoms with Crippen LogP contribution in [-0.4, -0.2) is 19.9 Å². The van der Waals surface area contributed by atoms with Gasteiger partial charge in [0.2, 0.25) is 5.89 Å². The smallest absolute Gasteiger partial charge is 0.227 e. The average Bonchev–Trinajstić information content (AvgIpc) is 3.95. The van der Waals surface area contributed by atoms with Gasteiger partial charge in [0.05, 0.1) is 5.39 Å². The van der Waals surface area contributed by atoms with Crippen molar-refractivity contribution in [2.75, 3.05) is 0 Å². The highest BCUT2D eigenvalue weighted by Gasteiger charge is 2.22. The van der Waals surface area contributed by atoms with Crippen LogP contribution in [0.25, 0.3) is 112 Å². The highest BCUT2D eigenvalue weighted by Crippen LogP contribution is 2.43. The van der Waals surface area contributed by atoms with Crippen LogP contribution >= 0.6 is 0 Å². The van der Waals surface area contributed by atoms with E-state index in [0.29, 0.717) is 28.9 Å². The van der Waals surface area contributed by atoms with Crippen molar-refractivity contribution in [2.24, 2.45) is 0 Å². The molecule has 0 spiro atoms. The molecule has 7 aromatic carbocycles. The Bertz CT molecular complexity index is 3180. The summed E-state index contributed by atoms with van der Waals surface area (Å²) in [5.41, 5.74) is 9.93. The predicted molar refractivity (Wildman–Crippen MR) is 209 cm³/mol. The maximum atomic E-state index is 6.67. The van der Waals surface area contributed by atoms with E-state index in [1.165, 1.54) is 0 Å². The second-order valence-electron chi connectivity index (χ2n) is 12.9.